The lowest BCUT2D eigenvalue weighted by atomic mass is 9.99. The molecule has 0 bridgehead atoms. The number of ether oxygens (including phenoxy) is 3. The van der Waals surface area contributed by atoms with Crippen LogP contribution in [0.3, 0.4) is 0 Å². The summed E-state index contributed by atoms with van der Waals surface area (Å²) < 4.78 is 56.8. The van der Waals surface area contributed by atoms with Crippen molar-refractivity contribution in [3.05, 3.63) is 71.4 Å². The monoisotopic (exact) mass is 1140 g/mol. The number of hydrogen-bond acceptors (Lipinski definition) is 16. The predicted octanol–water partition coefficient (Wildman–Crippen LogP) is 12.1. The van der Waals surface area contributed by atoms with Crippen LogP contribution in [-0.2, 0) is 46.3 Å². The number of aliphatic hydroxyl groups is 3. The molecule has 0 aromatic carbocycles. The van der Waals surface area contributed by atoms with Gasteiger partial charge in [-0.3, -0.25) is 23.2 Å². The molecule has 0 saturated carbocycles. The first-order valence-electron chi connectivity index (χ1n) is 29.2. The first-order chi connectivity index (χ1) is 37.5. The number of carbonyl (C=O) groups excluding carboxylic acids is 2. The SMILES string of the molecule is CCCCC/C=C\C/C=C\C/C=C\C=C\[C@H](O)CCCC(=O)O[C@H](COC(=O)CCCCCCCCCCCCCCCCCCCCC(C)CC)COP(=O)(O)OP(=O)(O)OC[C@H]1O[C@@H](n2ccc(N)nc2=O)[C@H](O)[C@@H]1O. The van der Waals surface area contributed by atoms with Crippen molar-refractivity contribution in [1.29, 1.82) is 0 Å². The Morgan fingerprint density at radius 3 is 1.88 bits per heavy atom. The number of anilines is 1. The number of unbranched alkanes of at least 4 members (excludes halogenated alkanes) is 20. The van der Waals surface area contributed by atoms with Gasteiger partial charge in [0.1, 0.15) is 30.7 Å². The highest BCUT2D eigenvalue weighted by molar-refractivity contribution is 7.61. The molecular weight excluding hydrogens is 1040 g/mol. The van der Waals surface area contributed by atoms with Crippen LogP contribution in [0.2, 0.25) is 0 Å². The summed E-state index contributed by atoms with van der Waals surface area (Å²) in [5.41, 5.74) is 4.58. The average molecular weight is 1140 g/mol. The first-order valence-corrected chi connectivity index (χ1v) is 32.1. The van der Waals surface area contributed by atoms with E-state index in [1.54, 1.807) is 12.2 Å². The van der Waals surface area contributed by atoms with E-state index in [0.29, 0.717) is 6.42 Å². The molecule has 3 unspecified atom stereocenters. The third-order valence-electron chi connectivity index (χ3n) is 13.6. The van der Waals surface area contributed by atoms with Crippen molar-refractivity contribution in [2.45, 2.75) is 250 Å². The summed E-state index contributed by atoms with van der Waals surface area (Å²) in [7, 11) is -10.9. The largest absolute Gasteiger partial charge is 0.481 e. The Balaban J connectivity index is 1.78. The second kappa shape index (κ2) is 43.4. The smallest absolute Gasteiger partial charge is 0.462 e. The summed E-state index contributed by atoms with van der Waals surface area (Å²) in [6.45, 7) is 4.35. The zero-order valence-electron chi connectivity index (χ0n) is 47.2. The Morgan fingerprint density at radius 2 is 1.28 bits per heavy atom. The van der Waals surface area contributed by atoms with E-state index in [1.165, 1.54) is 122 Å². The third kappa shape index (κ3) is 35.4. The zero-order valence-corrected chi connectivity index (χ0v) is 49.0. The molecule has 1 saturated heterocycles. The normalized spacial score (nSPS) is 19.7. The maximum absolute atomic E-state index is 12.9. The minimum absolute atomic E-state index is 0.0888. The van der Waals surface area contributed by atoms with E-state index in [1.807, 2.05) is 12.2 Å². The van der Waals surface area contributed by atoms with Crippen molar-refractivity contribution < 1.29 is 71.4 Å². The lowest BCUT2D eigenvalue weighted by Crippen LogP contribution is -2.36. The van der Waals surface area contributed by atoms with Crippen LogP contribution >= 0.6 is 15.6 Å². The Labute approximate surface area is 465 Å². The van der Waals surface area contributed by atoms with Crippen LogP contribution in [0.4, 0.5) is 5.82 Å². The van der Waals surface area contributed by atoms with Crippen LogP contribution < -0.4 is 11.4 Å². The van der Waals surface area contributed by atoms with E-state index in [4.69, 9.17) is 29.0 Å². The van der Waals surface area contributed by atoms with Gasteiger partial charge in [-0.15, -0.1) is 0 Å². The minimum atomic E-state index is -5.48. The first kappa shape index (κ1) is 70.8. The molecule has 21 heteroatoms. The maximum atomic E-state index is 12.9. The van der Waals surface area contributed by atoms with Crippen LogP contribution in [0.5, 0.6) is 0 Å². The Kier molecular flexibility index (Phi) is 39.4. The Morgan fingerprint density at radius 1 is 0.718 bits per heavy atom. The third-order valence-corrected chi connectivity index (χ3v) is 16.2. The van der Waals surface area contributed by atoms with Crippen LogP contribution in [0.1, 0.15) is 220 Å². The lowest BCUT2D eigenvalue weighted by molar-refractivity contribution is -0.161. The van der Waals surface area contributed by atoms with Crippen molar-refractivity contribution in [1.82, 2.24) is 9.55 Å². The summed E-state index contributed by atoms with van der Waals surface area (Å²) in [6, 6.07) is 1.24. The molecule has 0 radical (unpaired) electrons. The molecule has 0 aliphatic carbocycles. The molecule has 1 aliphatic rings. The summed E-state index contributed by atoms with van der Waals surface area (Å²) in [5.74, 6) is -0.632. The van der Waals surface area contributed by atoms with Gasteiger partial charge in [0, 0.05) is 19.0 Å². The van der Waals surface area contributed by atoms with Crippen molar-refractivity contribution in [2.75, 3.05) is 25.6 Å². The van der Waals surface area contributed by atoms with Crippen molar-refractivity contribution in [3.63, 3.8) is 0 Å². The second-order valence-electron chi connectivity index (χ2n) is 20.6. The van der Waals surface area contributed by atoms with Gasteiger partial charge in [-0.25, -0.2) is 13.9 Å². The number of nitrogens with two attached hydrogens (primary N) is 1. The standard InChI is InChI=1S/C57H99N3O16P2/c1-4-6-7-8-9-10-11-18-22-25-28-31-34-38-48(61)39-36-41-53(63)74-49(44-71-52(62)40-35-32-29-26-23-20-17-15-13-12-14-16-19-21-24-27-30-33-37-47(3)5-2)45-72-77(67,68)76-78(69,70)73-46-50-54(64)55(65)56(75-50)60-43-42-51(58)59-57(60)66/h9-10,18,22,28,31,34,38,42-43,47-50,54-56,61,64-65H,4-8,11-17,19-21,23-27,29-30,32-33,35-37,39-41,44-46H2,1-3H3,(H,67,68)(H,69,70)(H2,58,59,66)/b10-9-,22-18-,31-28-,38-34+/t47?,48-,49+,50+,54+,55+,56+/m0/s1. The van der Waals surface area contributed by atoms with Crippen molar-refractivity contribution in [2.24, 2.45) is 5.92 Å². The highest BCUT2D eigenvalue weighted by atomic mass is 31.3. The Bertz CT molecular complexity index is 2030. The van der Waals surface area contributed by atoms with E-state index in [0.717, 1.165) is 61.6 Å². The highest BCUT2D eigenvalue weighted by Gasteiger charge is 2.46. The molecule has 0 amide bonds. The predicted molar refractivity (Wildman–Crippen MR) is 304 cm³/mol. The lowest BCUT2D eigenvalue weighted by Gasteiger charge is -2.21. The summed E-state index contributed by atoms with van der Waals surface area (Å²) in [4.78, 5) is 62.2. The van der Waals surface area contributed by atoms with Crippen molar-refractivity contribution in [3.8, 4) is 0 Å². The molecule has 78 heavy (non-hydrogen) atoms. The molecule has 1 aliphatic heterocycles. The summed E-state index contributed by atoms with van der Waals surface area (Å²) in [5, 5.41) is 31.4. The van der Waals surface area contributed by atoms with Crippen LogP contribution in [0.25, 0.3) is 0 Å². The maximum Gasteiger partial charge on any atom is 0.481 e. The van der Waals surface area contributed by atoms with Gasteiger partial charge < -0.3 is 45.1 Å². The fourth-order valence-corrected chi connectivity index (χ4v) is 10.7. The van der Waals surface area contributed by atoms with Gasteiger partial charge in [0.15, 0.2) is 12.3 Å². The molecule has 1 fully saturated rings. The average Bonchev–Trinajstić information content (AvgIpc) is 3.70. The number of nitrogen functional groups attached to an aromatic ring is 1. The van der Waals surface area contributed by atoms with E-state index in [9.17, 15) is 48.6 Å². The topological polar surface area (TPSA) is 286 Å². The molecule has 0 spiro atoms. The van der Waals surface area contributed by atoms with Gasteiger partial charge in [-0.1, -0.05) is 204 Å². The fourth-order valence-electron chi connectivity index (χ4n) is 8.63. The van der Waals surface area contributed by atoms with Gasteiger partial charge in [0.05, 0.1) is 19.3 Å². The summed E-state index contributed by atoms with van der Waals surface area (Å²) in [6.07, 6.45) is 39.2. The van der Waals surface area contributed by atoms with Crippen LogP contribution in [0, 0.1) is 5.92 Å². The Hall–Kier alpha value is -3.32. The molecule has 9 atom stereocenters. The van der Waals surface area contributed by atoms with Gasteiger partial charge in [0.25, 0.3) is 0 Å². The van der Waals surface area contributed by atoms with Gasteiger partial charge in [-0.05, 0) is 56.9 Å². The van der Waals surface area contributed by atoms with Crippen LogP contribution in [0.15, 0.2) is 65.7 Å². The fraction of sp³-hybridized carbons (Fsp3) is 0.754. The number of carbonyl (C=O) groups is 2. The van der Waals surface area contributed by atoms with E-state index in [2.05, 4.69) is 54.4 Å². The number of nitrogens with zero attached hydrogens (tertiary/aromatic N) is 2. The molecule has 1 aromatic rings. The number of rotatable bonds is 48. The van der Waals surface area contributed by atoms with E-state index >= 15 is 0 Å². The molecule has 7 N–H and O–H groups in total. The summed E-state index contributed by atoms with van der Waals surface area (Å²) >= 11 is 0. The number of allylic oxidation sites excluding steroid dienone is 7. The number of hydrogen-bond donors (Lipinski definition) is 6. The van der Waals surface area contributed by atoms with Crippen molar-refractivity contribution >= 4 is 33.4 Å². The minimum Gasteiger partial charge on any atom is -0.462 e. The quantitative estimate of drug-likeness (QED) is 0.0116. The van der Waals surface area contributed by atoms with Gasteiger partial charge in [-0.2, -0.15) is 9.29 Å². The molecule has 1 aromatic heterocycles. The number of esters is 2. The number of phosphoric acid groups is 2. The second-order valence-corrected chi connectivity index (χ2v) is 23.6. The number of aromatic nitrogens is 2. The van der Waals surface area contributed by atoms with Gasteiger partial charge in [0.2, 0.25) is 0 Å². The highest BCUT2D eigenvalue weighted by Crippen LogP contribution is 2.60. The number of phosphoric ester groups is 2. The van der Waals surface area contributed by atoms with E-state index < -0.39 is 89.8 Å². The zero-order chi connectivity index (χ0) is 57.3. The van der Waals surface area contributed by atoms with Gasteiger partial charge >= 0.3 is 33.3 Å². The molecule has 2 rings (SSSR count). The van der Waals surface area contributed by atoms with E-state index in [-0.39, 0.29) is 31.5 Å². The molecule has 19 nitrogen and oxygen atoms in total. The molecule has 2 heterocycles. The van der Waals surface area contributed by atoms with Crippen LogP contribution in [-0.4, -0.2) is 96.9 Å². The molecular formula is C57H99N3O16P2. The molecule has 448 valence electrons. The number of aliphatic hydroxyl groups excluding tert-OH is 3.